The van der Waals surface area contributed by atoms with Gasteiger partial charge in [-0.15, -0.1) is 0 Å². The number of fused-ring (bicyclic) bond motifs is 5. The van der Waals surface area contributed by atoms with E-state index in [1.54, 1.807) is 5.57 Å². The molecule has 7 atom stereocenters. The Morgan fingerprint density at radius 3 is 2.77 bits per heavy atom. The van der Waals surface area contributed by atoms with E-state index >= 15 is 0 Å². The number of aliphatic hydroxyl groups is 1. The molecule has 0 aromatic heterocycles. The number of hydrogen-bond acceptors (Lipinski definition) is 4. The molecule has 144 valence electrons. The number of aldehydes is 1. The van der Waals surface area contributed by atoms with Gasteiger partial charge in [0, 0.05) is 21.8 Å². The number of aliphatic hydroxyl groups excluding tert-OH is 1. The molecule has 0 radical (unpaired) electrons. The molecule has 2 nitrogen and oxygen atoms in total. The Kier molecular flexibility index (Phi) is 4.38. The quantitative estimate of drug-likeness (QED) is 0.395. The highest BCUT2D eigenvalue weighted by Gasteiger charge is 2.60. The number of hydrogen-bond donors (Lipinski definition) is 1. The molecular weight excluding hydrogens is 360 g/mol. The van der Waals surface area contributed by atoms with Gasteiger partial charge in [-0.25, -0.2) is 0 Å². The number of carbonyl (C=O) groups is 1. The minimum Gasteiger partial charge on any atom is -0.395 e. The summed E-state index contributed by atoms with van der Waals surface area (Å²) in [5.41, 5.74) is 1.90. The topological polar surface area (TPSA) is 37.3 Å². The van der Waals surface area contributed by atoms with Gasteiger partial charge in [0.2, 0.25) is 0 Å². The van der Waals surface area contributed by atoms with E-state index in [4.69, 9.17) is 0 Å². The summed E-state index contributed by atoms with van der Waals surface area (Å²) in [5, 5.41) is 10.6. The molecule has 0 aromatic rings. The SMILES string of the molecule is C[C@]12CC[C@H]3[C@@H](CCC4=CC5(CCSS5)CC[C@@]43CO)[C@@H]1CC[C@H]2C=O. The van der Waals surface area contributed by atoms with Crippen LogP contribution in [0.15, 0.2) is 11.6 Å². The average Bonchev–Trinajstić information content (AvgIpc) is 3.25. The Balaban J connectivity index is 1.49. The van der Waals surface area contributed by atoms with Crippen molar-refractivity contribution >= 4 is 27.9 Å². The molecule has 5 rings (SSSR count). The van der Waals surface area contributed by atoms with Crippen LogP contribution in [0.25, 0.3) is 0 Å². The summed E-state index contributed by atoms with van der Waals surface area (Å²) in [6.45, 7) is 2.74. The van der Waals surface area contributed by atoms with Crippen molar-refractivity contribution in [1.29, 1.82) is 0 Å². The van der Waals surface area contributed by atoms with E-state index in [0.717, 1.165) is 12.3 Å². The predicted molar refractivity (Wildman–Crippen MR) is 110 cm³/mol. The summed E-state index contributed by atoms with van der Waals surface area (Å²) in [6, 6.07) is 0. The maximum atomic E-state index is 11.7. The van der Waals surface area contributed by atoms with Gasteiger partial charge in [0.15, 0.2) is 0 Å². The summed E-state index contributed by atoms with van der Waals surface area (Å²) in [5.74, 6) is 3.63. The Morgan fingerprint density at radius 2 is 2.04 bits per heavy atom. The summed E-state index contributed by atoms with van der Waals surface area (Å²) < 4.78 is 0.366. The zero-order valence-electron chi connectivity index (χ0n) is 15.9. The second-order valence-electron chi connectivity index (χ2n) is 9.98. The van der Waals surface area contributed by atoms with Crippen molar-refractivity contribution in [3.63, 3.8) is 0 Å². The van der Waals surface area contributed by atoms with Crippen molar-refractivity contribution in [3.8, 4) is 0 Å². The van der Waals surface area contributed by atoms with Gasteiger partial charge in [0.1, 0.15) is 6.29 Å². The smallest absolute Gasteiger partial charge is 0.123 e. The summed E-state index contributed by atoms with van der Waals surface area (Å²) in [6.07, 6.45) is 14.8. The fourth-order valence-electron chi connectivity index (χ4n) is 7.81. The lowest BCUT2D eigenvalue weighted by molar-refractivity contribution is -0.119. The van der Waals surface area contributed by atoms with E-state index < -0.39 is 0 Å². The fourth-order valence-corrected chi connectivity index (χ4v) is 11.1. The van der Waals surface area contributed by atoms with E-state index in [-0.39, 0.29) is 16.7 Å². The molecule has 1 spiro atoms. The maximum absolute atomic E-state index is 11.7. The van der Waals surface area contributed by atoms with Crippen molar-refractivity contribution in [2.75, 3.05) is 12.4 Å². The van der Waals surface area contributed by atoms with Gasteiger partial charge in [-0.05, 0) is 81.0 Å². The fraction of sp³-hybridized carbons (Fsp3) is 0.864. The number of carbonyl (C=O) groups excluding carboxylic acids is 1. The van der Waals surface area contributed by atoms with Crippen LogP contribution in [0.5, 0.6) is 0 Å². The van der Waals surface area contributed by atoms with E-state index in [9.17, 15) is 9.90 Å². The van der Waals surface area contributed by atoms with Crippen LogP contribution < -0.4 is 0 Å². The first-order valence-electron chi connectivity index (χ1n) is 10.7. The van der Waals surface area contributed by atoms with Crippen molar-refractivity contribution in [1.82, 2.24) is 0 Å². The highest BCUT2D eigenvalue weighted by atomic mass is 33.1. The van der Waals surface area contributed by atoms with Gasteiger partial charge >= 0.3 is 0 Å². The van der Waals surface area contributed by atoms with Gasteiger partial charge in [0.05, 0.1) is 6.61 Å². The second kappa shape index (κ2) is 6.29. The molecule has 3 saturated carbocycles. The normalized spacial score (nSPS) is 52.9. The van der Waals surface area contributed by atoms with E-state index in [1.165, 1.54) is 63.4 Å². The molecule has 4 aliphatic carbocycles. The van der Waals surface area contributed by atoms with Crippen LogP contribution in [0.3, 0.4) is 0 Å². The van der Waals surface area contributed by atoms with Gasteiger partial charge < -0.3 is 9.90 Å². The van der Waals surface area contributed by atoms with E-state index in [0.29, 0.717) is 23.2 Å². The van der Waals surface area contributed by atoms with Gasteiger partial charge in [0.25, 0.3) is 0 Å². The van der Waals surface area contributed by atoms with Gasteiger partial charge in [-0.1, -0.05) is 40.2 Å². The highest BCUT2D eigenvalue weighted by Crippen LogP contribution is 2.68. The molecule has 0 amide bonds. The van der Waals surface area contributed by atoms with Crippen molar-refractivity contribution in [2.45, 2.75) is 69.5 Å². The van der Waals surface area contributed by atoms with E-state index in [2.05, 4.69) is 23.8 Å². The van der Waals surface area contributed by atoms with Crippen LogP contribution in [0.1, 0.15) is 64.7 Å². The monoisotopic (exact) mass is 392 g/mol. The molecule has 1 saturated heterocycles. The largest absolute Gasteiger partial charge is 0.395 e. The van der Waals surface area contributed by atoms with Gasteiger partial charge in [-0.2, -0.15) is 0 Å². The summed E-state index contributed by atoms with van der Waals surface area (Å²) in [7, 11) is 4.14. The predicted octanol–water partition coefficient (Wildman–Crippen LogP) is 5.26. The first-order chi connectivity index (χ1) is 12.6. The zero-order valence-corrected chi connectivity index (χ0v) is 17.5. The molecule has 1 unspecified atom stereocenters. The maximum Gasteiger partial charge on any atom is 0.123 e. The van der Waals surface area contributed by atoms with Crippen LogP contribution in [-0.4, -0.2) is 28.5 Å². The molecule has 0 aromatic carbocycles. The van der Waals surface area contributed by atoms with Crippen molar-refractivity contribution < 1.29 is 9.90 Å². The lowest BCUT2D eigenvalue weighted by atomic mass is 9.46. The van der Waals surface area contributed by atoms with Crippen molar-refractivity contribution in [2.24, 2.45) is 34.5 Å². The summed E-state index contributed by atoms with van der Waals surface area (Å²) >= 11 is 0. The van der Waals surface area contributed by atoms with Crippen LogP contribution in [0, 0.1) is 34.5 Å². The third-order valence-corrected chi connectivity index (χ3v) is 12.5. The molecule has 26 heavy (non-hydrogen) atoms. The molecular formula is C22H32O2S2. The van der Waals surface area contributed by atoms with Crippen molar-refractivity contribution in [3.05, 3.63) is 11.6 Å². The third-order valence-electron chi connectivity index (χ3n) is 9.32. The Bertz CT molecular complexity index is 626. The Hall–Kier alpha value is 0.0700. The molecule has 1 aliphatic heterocycles. The lowest BCUT2D eigenvalue weighted by Crippen LogP contribution is -2.53. The zero-order chi connectivity index (χ0) is 18.0. The summed E-state index contributed by atoms with van der Waals surface area (Å²) in [4.78, 5) is 11.7. The van der Waals surface area contributed by atoms with Crippen LogP contribution in [0.2, 0.25) is 0 Å². The van der Waals surface area contributed by atoms with Crippen LogP contribution in [0.4, 0.5) is 0 Å². The minimum absolute atomic E-state index is 0.0581. The standard InChI is InChI=1S/C22H32O2S2/c1-20-7-6-19-17(18(20)5-3-16(20)13-23)4-2-15-12-21(10-11-25-26-21)8-9-22(15,19)14-24/h12-13,16-19,24H,2-11,14H2,1H3/t16-,17-,18-,19-,20+,21?,22+/m0/s1. The first kappa shape index (κ1) is 18.1. The second-order valence-corrected chi connectivity index (χ2v) is 12.8. The molecule has 4 heteroatoms. The van der Waals surface area contributed by atoms with Crippen LogP contribution in [-0.2, 0) is 4.79 Å². The van der Waals surface area contributed by atoms with Gasteiger partial charge in [-0.3, -0.25) is 0 Å². The average molecular weight is 393 g/mol. The van der Waals surface area contributed by atoms with Crippen LogP contribution >= 0.6 is 21.6 Å². The van der Waals surface area contributed by atoms with E-state index in [1.807, 2.05) is 10.8 Å². The Labute approximate surface area is 165 Å². The lowest BCUT2D eigenvalue weighted by Gasteiger charge is -2.59. The first-order valence-corrected chi connectivity index (χ1v) is 13.0. The molecule has 4 fully saturated rings. The molecule has 1 heterocycles. The molecule has 1 N–H and O–H groups in total. The Morgan fingerprint density at radius 1 is 1.15 bits per heavy atom. The highest BCUT2D eigenvalue weighted by molar-refractivity contribution is 8.77. The molecule has 0 bridgehead atoms. The third kappa shape index (κ3) is 2.33. The minimum atomic E-state index is 0.0581. The molecule has 5 aliphatic rings. The number of rotatable bonds is 2.